The molecule has 3 heteroatoms. The zero-order valence-electron chi connectivity index (χ0n) is 10.6. The Kier molecular flexibility index (Phi) is 4.02. The number of aliphatic hydroxyl groups is 1. The molecular weight excluding hydrogens is 214 g/mol. The second kappa shape index (κ2) is 5.52. The number of aryl methyl sites for hydroxylation is 1. The Hall–Kier alpha value is -1.06. The van der Waals surface area contributed by atoms with Crippen LogP contribution in [0.4, 0.5) is 5.69 Å². The van der Waals surface area contributed by atoms with Crippen LogP contribution in [-0.2, 0) is 11.3 Å². The van der Waals surface area contributed by atoms with Crippen LogP contribution in [0.15, 0.2) is 18.2 Å². The maximum atomic E-state index is 9.16. The van der Waals surface area contributed by atoms with E-state index in [0.29, 0.717) is 5.92 Å². The molecule has 0 aliphatic carbocycles. The lowest BCUT2D eigenvalue weighted by Gasteiger charge is -2.20. The predicted octanol–water partition coefficient (Wildman–Crippen LogP) is 1.96. The molecule has 1 atom stereocenters. The van der Waals surface area contributed by atoms with Gasteiger partial charge in [0.2, 0.25) is 0 Å². The van der Waals surface area contributed by atoms with Gasteiger partial charge in [-0.1, -0.05) is 6.07 Å². The highest BCUT2D eigenvalue weighted by molar-refractivity contribution is 5.51. The van der Waals surface area contributed by atoms with Crippen molar-refractivity contribution in [3.63, 3.8) is 0 Å². The molecule has 3 nitrogen and oxygen atoms in total. The van der Waals surface area contributed by atoms with Gasteiger partial charge in [0.05, 0.1) is 13.2 Å². The van der Waals surface area contributed by atoms with Crippen molar-refractivity contribution in [2.45, 2.75) is 20.0 Å². The molecule has 1 aliphatic heterocycles. The van der Waals surface area contributed by atoms with E-state index in [-0.39, 0.29) is 6.61 Å². The highest BCUT2D eigenvalue weighted by atomic mass is 16.5. The second-order valence-corrected chi connectivity index (χ2v) is 4.82. The van der Waals surface area contributed by atoms with Crippen LogP contribution < -0.4 is 4.90 Å². The summed E-state index contributed by atoms with van der Waals surface area (Å²) >= 11 is 0. The molecule has 0 amide bonds. The summed E-state index contributed by atoms with van der Waals surface area (Å²) in [6.07, 6.45) is 1.20. The van der Waals surface area contributed by atoms with Crippen molar-refractivity contribution in [1.82, 2.24) is 0 Å². The summed E-state index contributed by atoms with van der Waals surface area (Å²) in [4.78, 5) is 2.40. The number of hydrogen-bond acceptors (Lipinski definition) is 3. The summed E-state index contributed by atoms with van der Waals surface area (Å²) in [5, 5.41) is 9.16. The van der Waals surface area contributed by atoms with E-state index < -0.39 is 0 Å². The molecular formula is C14H21NO2. The average Bonchev–Trinajstić information content (AvgIpc) is 2.78. The SMILES string of the molecule is COCC1CCN(c2ccc(CO)c(C)c2)C1. The summed E-state index contributed by atoms with van der Waals surface area (Å²) in [6.45, 7) is 5.21. The molecule has 1 unspecified atom stereocenters. The first-order chi connectivity index (χ1) is 8.24. The first-order valence-electron chi connectivity index (χ1n) is 6.19. The highest BCUT2D eigenvalue weighted by Gasteiger charge is 2.22. The predicted molar refractivity (Wildman–Crippen MR) is 69.3 cm³/mol. The summed E-state index contributed by atoms with van der Waals surface area (Å²) in [5.41, 5.74) is 3.44. The van der Waals surface area contributed by atoms with Gasteiger partial charge < -0.3 is 14.7 Å². The van der Waals surface area contributed by atoms with Crippen LogP contribution in [-0.4, -0.2) is 31.9 Å². The van der Waals surface area contributed by atoms with E-state index in [2.05, 4.69) is 24.0 Å². The van der Waals surface area contributed by atoms with Crippen molar-refractivity contribution in [2.24, 2.45) is 5.92 Å². The van der Waals surface area contributed by atoms with E-state index in [1.54, 1.807) is 7.11 Å². The summed E-state index contributed by atoms with van der Waals surface area (Å²) < 4.78 is 5.21. The molecule has 1 N–H and O–H groups in total. The molecule has 0 spiro atoms. The monoisotopic (exact) mass is 235 g/mol. The Balaban J connectivity index is 2.06. The first-order valence-corrected chi connectivity index (χ1v) is 6.19. The quantitative estimate of drug-likeness (QED) is 0.866. The van der Waals surface area contributed by atoms with Gasteiger partial charge in [-0.15, -0.1) is 0 Å². The fraction of sp³-hybridized carbons (Fsp3) is 0.571. The number of nitrogens with zero attached hydrogens (tertiary/aromatic N) is 1. The smallest absolute Gasteiger partial charge is 0.0684 e. The molecule has 94 valence electrons. The molecule has 1 fully saturated rings. The zero-order valence-corrected chi connectivity index (χ0v) is 10.6. The van der Waals surface area contributed by atoms with Crippen LogP contribution in [0.2, 0.25) is 0 Å². The lowest BCUT2D eigenvalue weighted by molar-refractivity contribution is 0.161. The van der Waals surface area contributed by atoms with Gasteiger partial charge in [0.15, 0.2) is 0 Å². The van der Waals surface area contributed by atoms with Gasteiger partial charge >= 0.3 is 0 Å². The first kappa shape index (κ1) is 12.4. The minimum atomic E-state index is 0.123. The maximum Gasteiger partial charge on any atom is 0.0684 e. The molecule has 1 heterocycles. The largest absolute Gasteiger partial charge is 0.392 e. The standard InChI is InChI=1S/C14H21NO2/c1-11-7-14(4-3-13(11)9-16)15-6-5-12(8-15)10-17-2/h3-4,7,12,16H,5-6,8-10H2,1-2H3. The molecule has 1 aromatic carbocycles. The van der Waals surface area contributed by atoms with Gasteiger partial charge in [-0.25, -0.2) is 0 Å². The summed E-state index contributed by atoms with van der Waals surface area (Å²) in [5.74, 6) is 0.651. The summed E-state index contributed by atoms with van der Waals surface area (Å²) in [6, 6.07) is 6.29. The number of anilines is 1. The van der Waals surface area contributed by atoms with Crippen molar-refractivity contribution in [2.75, 3.05) is 31.7 Å². The molecule has 0 saturated carbocycles. The van der Waals surface area contributed by atoms with E-state index in [4.69, 9.17) is 9.84 Å². The Bertz CT molecular complexity index is 378. The van der Waals surface area contributed by atoms with E-state index in [1.807, 2.05) is 6.07 Å². The molecule has 1 saturated heterocycles. The molecule has 0 bridgehead atoms. The third-order valence-electron chi connectivity index (χ3n) is 3.55. The van der Waals surface area contributed by atoms with Crippen molar-refractivity contribution in [1.29, 1.82) is 0 Å². The fourth-order valence-corrected chi connectivity index (χ4v) is 2.49. The van der Waals surface area contributed by atoms with Crippen molar-refractivity contribution in [3.8, 4) is 0 Å². The molecule has 2 rings (SSSR count). The number of benzene rings is 1. The molecule has 0 aromatic heterocycles. The second-order valence-electron chi connectivity index (χ2n) is 4.82. The number of aliphatic hydroxyl groups excluding tert-OH is 1. The molecule has 1 aromatic rings. The van der Waals surface area contributed by atoms with Crippen molar-refractivity contribution < 1.29 is 9.84 Å². The third kappa shape index (κ3) is 2.79. The van der Waals surface area contributed by atoms with Gasteiger partial charge in [-0.2, -0.15) is 0 Å². The minimum Gasteiger partial charge on any atom is -0.392 e. The van der Waals surface area contributed by atoms with E-state index >= 15 is 0 Å². The Morgan fingerprint density at radius 1 is 1.47 bits per heavy atom. The fourth-order valence-electron chi connectivity index (χ4n) is 2.49. The molecule has 17 heavy (non-hydrogen) atoms. The van der Waals surface area contributed by atoms with E-state index in [9.17, 15) is 0 Å². The molecule has 1 aliphatic rings. The lowest BCUT2D eigenvalue weighted by atomic mass is 10.1. The normalized spacial score (nSPS) is 19.9. The Morgan fingerprint density at radius 3 is 2.94 bits per heavy atom. The van der Waals surface area contributed by atoms with Crippen LogP contribution in [0.25, 0.3) is 0 Å². The van der Waals surface area contributed by atoms with Crippen molar-refractivity contribution >= 4 is 5.69 Å². The number of hydrogen-bond donors (Lipinski definition) is 1. The lowest BCUT2D eigenvalue weighted by Crippen LogP contribution is -2.21. The van der Waals surface area contributed by atoms with Crippen LogP contribution in [0.5, 0.6) is 0 Å². The number of ether oxygens (including phenoxy) is 1. The van der Waals surface area contributed by atoms with Crippen LogP contribution in [0.1, 0.15) is 17.5 Å². The maximum absolute atomic E-state index is 9.16. The van der Waals surface area contributed by atoms with Crippen LogP contribution >= 0.6 is 0 Å². The average molecular weight is 235 g/mol. The number of rotatable bonds is 4. The Labute approximate surface area is 103 Å². The van der Waals surface area contributed by atoms with E-state index in [1.165, 1.54) is 17.7 Å². The van der Waals surface area contributed by atoms with Crippen molar-refractivity contribution in [3.05, 3.63) is 29.3 Å². The zero-order chi connectivity index (χ0) is 12.3. The van der Waals surface area contributed by atoms with Gasteiger partial charge in [-0.05, 0) is 36.6 Å². The Morgan fingerprint density at radius 2 is 2.29 bits per heavy atom. The number of methoxy groups -OCH3 is 1. The summed E-state index contributed by atoms with van der Waals surface area (Å²) in [7, 11) is 1.77. The van der Waals surface area contributed by atoms with Gasteiger partial charge in [0.1, 0.15) is 0 Å². The van der Waals surface area contributed by atoms with Crippen LogP contribution in [0, 0.1) is 12.8 Å². The van der Waals surface area contributed by atoms with Gasteiger partial charge in [0, 0.05) is 31.8 Å². The topological polar surface area (TPSA) is 32.7 Å². The molecule has 0 radical (unpaired) electrons. The third-order valence-corrected chi connectivity index (χ3v) is 3.55. The van der Waals surface area contributed by atoms with Gasteiger partial charge in [0.25, 0.3) is 0 Å². The minimum absolute atomic E-state index is 0.123. The van der Waals surface area contributed by atoms with Crippen LogP contribution in [0.3, 0.4) is 0 Å². The van der Waals surface area contributed by atoms with Gasteiger partial charge in [-0.3, -0.25) is 0 Å². The highest BCUT2D eigenvalue weighted by Crippen LogP contribution is 2.25. The van der Waals surface area contributed by atoms with E-state index in [0.717, 1.165) is 25.3 Å².